The molecule has 17 heavy (non-hydrogen) atoms. The molecule has 3 nitrogen and oxygen atoms in total. The summed E-state index contributed by atoms with van der Waals surface area (Å²) < 4.78 is 0. The number of benzene rings is 2. The van der Waals surface area contributed by atoms with Gasteiger partial charge in [0.15, 0.2) is 0 Å². The molecule has 3 heteroatoms. The van der Waals surface area contributed by atoms with Gasteiger partial charge in [0, 0.05) is 0 Å². The van der Waals surface area contributed by atoms with Crippen LogP contribution in [-0.4, -0.2) is 6.03 Å². The number of urea groups is 1. The first-order valence-electron chi connectivity index (χ1n) is 5.46. The highest BCUT2D eigenvalue weighted by Crippen LogP contribution is 2.05. The van der Waals surface area contributed by atoms with Crippen molar-refractivity contribution in [2.45, 2.75) is 6.42 Å². The van der Waals surface area contributed by atoms with E-state index in [0.29, 0.717) is 5.36 Å². The van der Waals surface area contributed by atoms with E-state index in [1.165, 1.54) is 5.56 Å². The molecule has 0 saturated heterocycles. The molecule has 1 aliphatic rings. The number of fused-ring (bicyclic) bond motifs is 1. The van der Waals surface area contributed by atoms with Crippen molar-refractivity contribution in [3.05, 3.63) is 70.4 Å². The van der Waals surface area contributed by atoms with Gasteiger partial charge in [0.05, 0.1) is 10.7 Å². The lowest BCUT2D eigenvalue weighted by molar-refractivity contribution is 0.256. The molecule has 2 amide bonds. The average molecular weight is 222 g/mol. The fraction of sp³-hybridized carbons (Fsp3) is 0.0714. The molecule has 0 saturated carbocycles. The summed E-state index contributed by atoms with van der Waals surface area (Å²) in [6.07, 6.45) is 0.774. The van der Waals surface area contributed by atoms with E-state index in [1.54, 1.807) is 0 Å². The lowest BCUT2D eigenvalue weighted by Crippen LogP contribution is -2.25. The van der Waals surface area contributed by atoms with Crippen LogP contribution in [0.3, 0.4) is 0 Å². The summed E-state index contributed by atoms with van der Waals surface area (Å²) in [4.78, 5) is 19.0. The van der Waals surface area contributed by atoms with Gasteiger partial charge in [-0.25, -0.2) is 4.79 Å². The molecule has 1 heterocycles. The molecule has 0 aliphatic carbocycles. The van der Waals surface area contributed by atoms with Crippen molar-refractivity contribution in [3.8, 4) is 0 Å². The molecule has 3 rings (SSSR count). The van der Waals surface area contributed by atoms with Crippen molar-refractivity contribution in [1.82, 2.24) is 0 Å². The normalized spacial score (nSPS) is 12.8. The second-order valence-corrected chi connectivity index (χ2v) is 3.95. The number of nitrogens with zero attached hydrogens (tertiary/aromatic N) is 2. The van der Waals surface area contributed by atoms with Crippen molar-refractivity contribution < 1.29 is 4.79 Å². The van der Waals surface area contributed by atoms with Gasteiger partial charge in [-0.3, -0.25) is 0 Å². The first kappa shape index (κ1) is 9.90. The van der Waals surface area contributed by atoms with Crippen LogP contribution in [0.4, 0.5) is 4.79 Å². The Morgan fingerprint density at radius 1 is 0.882 bits per heavy atom. The molecular formula is C14H10N2O. The van der Waals surface area contributed by atoms with Crippen LogP contribution in [0.15, 0.2) is 58.5 Å². The molecule has 2 aromatic rings. The molecule has 0 aromatic heterocycles. The molecule has 2 aromatic carbocycles. The Hall–Kier alpha value is -2.29. The largest absolute Gasteiger partial charge is 0.368 e. The Morgan fingerprint density at radius 3 is 2.53 bits per heavy atom. The van der Waals surface area contributed by atoms with Gasteiger partial charge >= 0.3 is 6.03 Å². The zero-order chi connectivity index (χ0) is 11.7. The summed E-state index contributed by atoms with van der Waals surface area (Å²) in [6.45, 7) is 0. The van der Waals surface area contributed by atoms with E-state index in [0.717, 1.165) is 17.3 Å². The summed E-state index contributed by atoms with van der Waals surface area (Å²) in [7, 11) is 0. The van der Waals surface area contributed by atoms with Gasteiger partial charge in [-0.1, -0.05) is 42.5 Å². The van der Waals surface area contributed by atoms with Crippen LogP contribution in [-0.2, 0) is 6.42 Å². The summed E-state index contributed by atoms with van der Waals surface area (Å²) in [5.41, 5.74) is 2.25. The number of carbonyl (C=O) groups is 1. The van der Waals surface area contributed by atoms with E-state index in [9.17, 15) is 4.79 Å². The van der Waals surface area contributed by atoms with Crippen molar-refractivity contribution in [2.24, 2.45) is 9.98 Å². The average Bonchev–Trinajstić information content (AvgIpc) is 2.72. The molecular weight excluding hydrogens is 212 g/mol. The van der Waals surface area contributed by atoms with Gasteiger partial charge in [-0.05, 0) is 23.6 Å². The predicted octanol–water partition coefficient (Wildman–Crippen LogP) is 1.65. The third kappa shape index (κ3) is 1.87. The van der Waals surface area contributed by atoms with E-state index in [-0.39, 0.29) is 0 Å². The van der Waals surface area contributed by atoms with E-state index < -0.39 is 6.03 Å². The van der Waals surface area contributed by atoms with Crippen LogP contribution in [0.5, 0.6) is 0 Å². The van der Waals surface area contributed by atoms with Crippen LogP contribution < -0.4 is 10.7 Å². The van der Waals surface area contributed by atoms with Crippen molar-refractivity contribution in [2.75, 3.05) is 0 Å². The predicted molar refractivity (Wildman–Crippen MR) is 63.4 cm³/mol. The first-order valence-corrected chi connectivity index (χ1v) is 5.46. The Labute approximate surface area is 98.2 Å². The zero-order valence-electron chi connectivity index (χ0n) is 9.13. The number of amides is 2. The Bertz CT molecular complexity index is 690. The van der Waals surface area contributed by atoms with Gasteiger partial charge in [0.2, 0.25) is 0 Å². The highest BCUT2D eigenvalue weighted by atomic mass is 16.2. The van der Waals surface area contributed by atoms with Gasteiger partial charge in [-0.15, -0.1) is 0 Å². The fourth-order valence-electron chi connectivity index (χ4n) is 1.98. The summed E-state index contributed by atoms with van der Waals surface area (Å²) in [5.74, 6) is 0. The summed E-state index contributed by atoms with van der Waals surface area (Å²) >= 11 is 0. The van der Waals surface area contributed by atoms with Crippen molar-refractivity contribution >= 4 is 6.03 Å². The molecule has 0 spiro atoms. The van der Waals surface area contributed by atoms with Gasteiger partial charge < -0.3 is 0 Å². The number of para-hydroxylation sites is 1. The monoisotopic (exact) mass is 222 g/mol. The van der Waals surface area contributed by atoms with Gasteiger partial charge in [0.25, 0.3) is 0 Å². The highest BCUT2D eigenvalue weighted by Gasteiger charge is 2.08. The first-order chi connectivity index (χ1) is 8.33. The minimum absolute atomic E-state index is 0.402. The summed E-state index contributed by atoms with van der Waals surface area (Å²) in [6, 6.07) is 15.4. The van der Waals surface area contributed by atoms with Crippen molar-refractivity contribution in [1.29, 1.82) is 0 Å². The maximum atomic E-state index is 11.2. The van der Waals surface area contributed by atoms with Crippen LogP contribution in [0, 0.1) is 0 Å². The number of hydrogen-bond donors (Lipinski definition) is 0. The van der Waals surface area contributed by atoms with Gasteiger partial charge in [0.1, 0.15) is 0 Å². The SMILES string of the molecule is O=C1N=c2cccc(Cc3ccccc3)c2=N1. The van der Waals surface area contributed by atoms with Gasteiger partial charge in [-0.2, -0.15) is 9.98 Å². The quantitative estimate of drug-likeness (QED) is 0.761. The Balaban J connectivity index is 2.08. The molecule has 0 unspecified atom stereocenters. The molecule has 1 aliphatic heterocycles. The number of rotatable bonds is 2. The second kappa shape index (κ2) is 3.94. The van der Waals surface area contributed by atoms with Crippen LogP contribution in [0.2, 0.25) is 0 Å². The third-order valence-corrected chi connectivity index (χ3v) is 2.76. The second-order valence-electron chi connectivity index (χ2n) is 3.95. The van der Waals surface area contributed by atoms with Crippen LogP contribution >= 0.6 is 0 Å². The topological polar surface area (TPSA) is 41.8 Å². The molecule has 0 bridgehead atoms. The van der Waals surface area contributed by atoms with E-state index in [4.69, 9.17) is 0 Å². The lowest BCUT2D eigenvalue weighted by Gasteiger charge is -2.00. The van der Waals surface area contributed by atoms with Crippen molar-refractivity contribution in [3.63, 3.8) is 0 Å². The fourth-order valence-corrected chi connectivity index (χ4v) is 1.98. The lowest BCUT2D eigenvalue weighted by atomic mass is 10.0. The maximum absolute atomic E-state index is 11.2. The maximum Gasteiger partial charge on any atom is 0.368 e. The molecule has 0 N–H and O–H groups in total. The van der Waals surface area contributed by atoms with E-state index >= 15 is 0 Å². The smallest absolute Gasteiger partial charge is 0.244 e. The molecule has 0 fully saturated rings. The van der Waals surface area contributed by atoms with E-state index in [2.05, 4.69) is 22.1 Å². The Morgan fingerprint density at radius 2 is 1.71 bits per heavy atom. The minimum atomic E-state index is -0.402. The van der Waals surface area contributed by atoms with Crippen LogP contribution in [0.1, 0.15) is 11.1 Å². The van der Waals surface area contributed by atoms with Crippen LogP contribution in [0.25, 0.3) is 0 Å². The minimum Gasteiger partial charge on any atom is -0.244 e. The summed E-state index contributed by atoms with van der Waals surface area (Å²) in [5, 5.41) is 1.41. The number of hydrogen-bond acceptors (Lipinski definition) is 1. The third-order valence-electron chi connectivity index (χ3n) is 2.76. The molecule has 0 atom stereocenters. The van der Waals surface area contributed by atoms with E-state index in [1.807, 2.05) is 36.4 Å². The molecule has 82 valence electrons. The Kier molecular flexibility index (Phi) is 2.29. The molecule has 0 radical (unpaired) electrons. The number of carbonyl (C=O) groups excluding carboxylic acids is 1. The standard InChI is InChI=1S/C14H10N2O/c17-14-15-12-8-4-7-11(13(12)16-14)9-10-5-2-1-3-6-10/h1-8H,9H2. The zero-order valence-corrected chi connectivity index (χ0v) is 9.13. The highest BCUT2D eigenvalue weighted by molar-refractivity contribution is 5.77.